The summed E-state index contributed by atoms with van der Waals surface area (Å²) in [6.07, 6.45) is 0.521. The number of nitrogen functional groups attached to an aromatic ring is 1. The molecule has 2 N–H and O–H groups in total. The lowest BCUT2D eigenvalue weighted by Crippen LogP contribution is -2.33. The smallest absolute Gasteiger partial charge is 0.164 e. The van der Waals surface area contributed by atoms with E-state index in [9.17, 15) is 4.79 Å². The molecular formula is C19H32N2O2. The van der Waals surface area contributed by atoms with Crippen LogP contribution in [0.5, 0.6) is 5.75 Å². The zero-order valence-electron chi connectivity index (χ0n) is 15.3. The Morgan fingerprint density at radius 2 is 1.78 bits per heavy atom. The van der Waals surface area contributed by atoms with Crippen molar-refractivity contribution in [2.24, 2.45) is 11.8 Å². The number of hydrogen-bond acceptors (Lipinski definition) is 4. The minimum atomic E-state index is 0.136. The number of Topliss-reactive ketones (excluding diaryl/α,β-unsaturated/α-hetero) is 1. The summed E-state index contributed by atoms with van der Waals surface area (Å²) < 4.78 is 5.41. The lowest BCUT2D eigenvalue weighted by molar-refractivity contribution is 0.0956. The summed E-state index contributed by atoms with van der Waals surface area (Å²) in [6, 6.07) is 5.31. The Hall–Kier alpha value is -1.55. The Morgan fingerprint density at radius 3 is 2.26 bits per heavy atom. The molecule has 0 spiro atoms. The molecule has 0 aromatic heterocycles. The van der Waals surface area contributed by atoms with Gasteiger partial charge in [-0.25, -0.2) is 0 Å². The van der Waals surface area contributed by atoms with Gasteiger partial charge in [0, 0.05) is 31.6 Å². The second-order valence-corrected chi connectivity index (χ2v) is 6.91. The molecule has 0 aliphatic heterocycles. The third kappa shape index (κ3) is 7.04. The van der Waals surface area contributed by atoms with Crippen LogP contribution in [0.4, 0.5) is 5.69 Å². The van der Waals surface area contributed by atoms with Crippen LogP contribution in [-0.4, -0.2) is 36.9 Å². The third-order valence-electron chi connectivity index (χ3n) is 3.53. The van der Waals surface area contributed by atoms with Gasteiger partial charge >= 0.3 is 0 Å². The van der Waals surface area contributed by atoms with Gasteiger partial charge in [-0.05, 0) is 37.0 Å². The fraction of sp³-hybridized carbons (Fsp3) is 0.632. The zero-order valence-corrected chi connectivity index (χ0v) is 15.3. The first kappa shape index (κ1) is 19.5. The van der Waals surface area contributed by atoms with Crippen LogP contribution in [-0.2, 0) is 0 Å². The SMILES string of the molecule is CCOc1ccc(C(=O)CCN(CC(C)C)CC(C)C)cc1N. The first-order chi connectivity index (χ1) is 10.8. The average Bonchev–Trinajstić information content (AvgIpc) is 2.45. The van der Waals surface area contributed by atoms with E-state index in [2.05, 4.69) is 32.6 Å². The molecule has 0 amide bonds. The maximum Gasteiger partial charge on any atom is 0.164 e. The number of anilines is 1. The molecule has 4 nitrogen and oxygen atoms in total. The Bertz CT molecular complexity index is 488. The molecule has 0 saturated heterocycles. The lowest BCUT2D eigenvalue weighted by Gasteiger charge is -2.25. The Balaban J connectivity index is 2.65. The Kier molecular flexibility index (Phi) is 8.10. The molecule has 0 heterocycles. The normalized spacial score (nSPS) is 11.5. The van der Waals surface area contributed by atoms with Gasteiger partial charge in [-0.3, -0.25) is 4.79 Å². The highest BCUT2D eigenvalue weighted by Gasteiger charge is 2.14. The van der Waals surface area contributed by atoms with Crippen molar-refractivity contribution in [1.82, 2.24) is 4.90 Å². The van der Waals surface area contributed by atoms with Crippen LogP contribution >= 0.6 is 0 Å². The highest BCUT2D eigenvalue weighted by atomic mass is 16.5. The molecule has 0 unspecified atom stereocenters. The van der Waals surface area contributed by atoms with E-state index < -0.39 is 0 Å². The maximum atomic E-state index is 12.4. The van der Waals surface area contributed by atoms with Crippen LogP contribution in [0.2, 0.25) is 0 Å². The van der Waals surface area contributed by atoms with E-state index in [1.165, 1.54) is 0 Å². The summed E-state index contributed by atoms with van der Waals surface area (Å²) in [4.78, 5) is 14.8. The summed E-state index contributed by atoms with van der Waals surface area (Å²) in [5.74, 6) is 1.98. The second-order valence-electron chi connectivity index (χ2n) is 6.91. The van der Waals surface area contributed by atoms with Crippen LogP contribution in [0.25, 0.3) is 0 Å². The van der Waals surface area contributed by atoms with Crippen LogP contribution < -0.4 is 10.5 Å². The number of carbonyl (C=O) groups is 1. The summed E-state index contributed by atoms with van der Waals surface area (Å²) in [6.45, 7) is 14.2. The van der Waals surface area contributed by atoms with Crippen molar-refractivity contribution < 1.29 is 9.53 Å². The van der Waals surface area contributed by atoms with E-state index in [1.54, 1.807) is 18.2 Å². The van der Waals surface area contributed by atoms with E-state index in [0.29, 0.717) is 41.9 Å². The minimum Gasteiger partial charge on any atom is -0.492 e. The number of ketones is 1. The zero-order chi connectivity index (χ0) is 17.4. The van der Waals surface area contributed by atoms with Crippen LogP contribution in [0.3, 0.4) is 0 Å². The van der Waals surface area contributed by atoms with Gasteiger partial charge in [0.25, 0.3) is 0 Å². The molecule has 1 rings (SSSR count). The molecule has 4 heteroatoms. The fourth-order valence-electron chi connectivity index (χ4n) is 2.70. The van der Waals surface area contributed by atoms with Gasteiger partial charge in [0.15, 0.2) is 5.78 Å². The third-order valence-corrected chi connectivity index (χ3v) is 3.53. The van der Waals surface area contributed by atoms with Crippen molar-refractivity contribution in [2.45, 2.75) is 41.0 Å². The lowest BCUT2D eigenvalue weighted by atomic mass is 10.1. The van der Waals surface area contributed by atoms with Crippen LogP contribution in [0.1, 0.15) is 51.4 Å². The van der Waals surface area contributed by atoms with Crippen LogP contribution in [0.15, 0.2) is 18.2 Å². The van der Waals surface area contributed by atoms with Gasteiger partial charge in [-0.2, -0.15) is 0 Å². The number of nitrogens with two attached hydrogens (primary N) is 1. The quantitative estimate of drug-likeness (QED) is 0.525. The number of benzene rings is 1. The van der Waals surface area contributed by atoms with E-state index >= 15 is 0 Å². The molecule has 0 aliphatic rings. The summed E-state index contributed by atoms with van der Waals surface area (Å²) >= 11 is 0. The molecule has 0 saturated carbocycles. The number of ether oxygens (including phenoxy) is 1. The van der Waals surface area contributed by atoms with Crippen molar-refractivity contribution >= 4 is 11.5 Å². The van der Waals surface area contributed by atoms with Gasteiger partial charge < -0.3 is 15.4 Å². The highest BCUT2D eigenvalue weighted by Crippen LogP contribution is 2.23. The minimum absolute atomic E-state index is 0.136. The van der Waals surface area contributed by atoms with E-state index in [4.69, 9.17) is 10.5 Å². The Morgan fingerprint density at radius 1 is 1.17 bits per heavy atom. The number of nitrogens with zero attached hydrogens (tertiary/aromatic N) is 1. The number of carbonyl (C=O) groups excluding carboxylic acids is 1. The molecule has 130 valence electrons. The molecule has 1 aromatic rings. The molecule has 23 heavy (non-hydrogen) atoms. The molecule has 0 atom stereocenters. The topological polar surface area (TPSA) is 55.6 Å². The Labute approximate surface area is 141 Å². The number of rotatable bonds is 10. The van der Waals surface area contributed by atoms with Gasteiger partial charge in [0.05, 0.1) is 12.3 Å². The van der Waals surface area contributed by atoms with Crippen molar-refractivity contribution in [3.05, 3.63) is 23.8 Å². The molecule has 0 radical (unpaired) electrons. The van der Waals surface area contributed by atoms with Gasteiger partial charge in [-0.1, -0.05) is 27.7 Å². The molecule has 0 bridgehead atoms. The summed E-state index contributed by atoms with van der Waals surface area (Å²) in [5.41, 5.74) is 7.14. The molecule has 0 aliphatic carbocycles. The van der Waals surface area contributed by atoms with E-state index in [1.807, 2.05) is 6.92 Å². The highest BCUT2D eigenvalue weighted by molar-refractivity contribution is 5.97. The summed E-state index contributed by atoms with van der Waals surface area (Å²) in [5, 5.41) is 0. The predicted molar refractivity (Wildman–Crippen MR) is 97.1 cm³/mol. The molecule has 0 fully saturated rings. The maximum absolute atomic E-state index is 12.4. The van der Waals surface area contributed by atoms with Gasteiger partial charge in [0.1, 0.15) is 5.75 Å². The van der Waals surface area contributed by atoms with Gasteiger partial charge in [-0.15, -0.1) is 0 Å². The summed E-state index contributed by atoms with van der Waals surface area (Å²) in [7, 11) is 0. The van der Waals surface area contributed by atoms with E-state index in [-0.39, 0.29) is 5.78 Å². The largest absolute Gasteiger partial charge is 0.492 e. The fourth-order valence-corrected chi connectivity index (χ4v) is 2.70. The monoisotopic (exact) mass is 320 g/mol. The van der Waals surface area contributed by atoms with Crippen molar-refractivity contribution in [1.29, 1.82) is 0 Å². The van der Waals surface area contributed by atoms with Crippen molar-refractivity contribution in [3.8, 4) is 5.75 Å². The number of hydrogen-bond donors (Lipinski definition) is 1. The molecule has 1 aromatic carbocycles. The first-order valence-electron chi connectivity index (χ1n) is 8.61. The van der Waals surface area contributed by atoms with Crippen molar-refractivity contribution in [2.75, 3.05) is 32.0 Å². The second kappa shape index (κ2) is 9.56. The molecular weight excluding hydrogens is 288 g/mol. The average molecular weight is 320 g/mol. The van der Waals surface area contributed by atoms with Crippen LogP contribution in [0, 0.1) is 11.8 Å². The van der Waals surface area contributed by atoms with E-state index in [0.717, 1.165) is 19.6 Å². The predicted octanol–water partition coefficient (Wildman–Crippen LogP) is 3.85. The first-order valence-corrected chi connectivity index (χ1v) is 8.61. The van der Waals surface area contributed by atoms with Gasteiger partial charge in [0.2, 0.25) is 0 Å². The standard InChI is InChI=1S/C19H32N2O2/c1-6-23-19-8-7-16(11-17(19)20)18(22)9-10-21(12-14(2)3)13-15(4)5/h7-8,11,14-15H,6,9-10,12-13,20H2,1-5H3. The van der Waals surface area contributed by atoms with Crippen molar-refractivity contribution in [3.63, 3.8) is 0 Å².